The van der Waals surface area contributed by atoms with Gasteiger partial charge >= 0.3 is 6.09 Å². The molecule has 0 N–H and O–H groups in total. The van der Waals surface area contributed by atoms with E-state index in [0.29, 0.717) is 5.92 Å². The van der Waals surface area contributed by atoms with Crippen molar-refractivity contribution in [1.82, 2.24) is 4.90 Å². The van der Waals surface area contributed by atoms with E-state index in [2.05, 4.69) is 38.1 Å². The maximum atomic E-state index is 11.7. The largest absolute Gasteiger partial charge is 0.452 e. The third-order valence-electron chi connectivity index (χ3n) is 3.28. The molecule has 0 saturated carbocycles. The van der Waals surface area contributed by atoms with Crippen LogP contribution in [0.5, 0.6) is 0 Å². The molecular weight excluding hydrogens is 238 g/mol. The summed E-state index contributed by atoms with van der Waals surface area (Å²) < 4.78 is 4.81. The van der Waals surface area contributed by atoms with Crippen molar-refractivity contribution in [2.45, 2.75) is 25.8 Å². The van der Waals surface area contributed by atoms with Crippen molar-refractivity contribution in [1.29, 1.82) is 0 Å². The van der Waals surface area contributed by atoms with Gasteiger partial charge in [0.05, 0.1) is 13.2 Å². The fourth-order valence-electron chi connectivity index (χ4n) is 2.13. The van der Waals surface area contributed by atoms with E-state index < -0.39 is 0 Å². The lowest BCUT2D eigenvalue weighted by Gasteiger charge is -2.27. The zero-order valence-electron chi connectivity index (χ0n) is 11.5. The lowest BCUT2D eigenvalue weighted by Crippen LogP contribution is -2.30. The predicted molar refractivity (Wildman–Crippen MR) is 75.8 cm³/mol. The lowest BCUT2D eigenvalue weighted by atomic mass is 9.98. The Morgan fingerprint density at radius 3 is 2.47 bits per heavy atom. The zero-order valence-corrected chi connectivity index (χ0v) is 11.5. The van der Waals surface area contributed by atoms with E-state index in [9.17, 15) is 4.79 Å². The monoisotopic (exact) mass is 257 g/mol. The van der Waals surface area contributed by atoms with E-state index in [4.69, 9.17) is 4.74 Å². The van der Waals surface area contributed by atoms with Crippen molar-refractivity contribution in [2.24, 2.45) is 0 Å². The van der Waals surface area contributed by atoms with E-state index in [0.717, 1.165) is 5.56 Å². The van der Waals surface area contributed by atoms with Crippen molar-refractivity contribution in [3.8, 4) is 0 Å². The molecule has 1 aromatic carbocycles. The van der Waals surface area contributed by atoms with Gasteiger partial charge in [-0.2, -0.15) is 0 Å². The molecule has 1 aliphatic heterocycles. The first-order chi connectivity index (χ1) is 9.13. The number of ether oxygens (including phenoxy) is 1. The molecule has 0 fully saturated rings. The molecule has 0 saturated heterocycles. The van der Waals surface area contributed by atoms with Gasteiger partial charge in [-0.3, -0.25) is 4.90 Å². The lowest BCUT2D eigenvalue weighted by molar-refractivity contribution is 0.132. The number of amides is 1. The SMILES string of the molecule is COC(=O)N1C=CC=CC1c1ccc(C(C)C)cc1. The number of carbonyl (C=O) groups excluding carboxylic acids is 1. The highest BCUT2D eigenvalue weighted by Gasteiger charge is 2.23. The van der Waals surface area contributed by atoms with Crippen LogP contribution < -0.4 is 0 Å². The number of nitrogens with zero attached hydrogens (tertiary/aromatic N) is 1. The normalized spacial score (nSPS) is 17.9. The van der Waals surface area contributed by atoms with Gasteiger partial charge in [0.25, 0.3) is 0 Å². The zero-order chi connectivity index (χ0) is 13.8. The van der Waals surface area contributed by atoms with Crippen LogP contribution in [-0.4, -0.2) is 18.1 Å². The summed E-state index contributed by atoms with van der Waals surface area (Å²) in [4.78, 5) is 13.3. The van der Waals surface area contributed by atoms with Crippen LogP contribution in [0.3, 0.4) is 0 Å². The second-order valence-corrected chi connectivity index (χ2v) is 4.87. The molecule has 3 heteroatoms. The van der Waals surface area contributed by atoms with Crippen LogP contribution in [0.25, 0.3) is 0 Å². The van der Waals surface area contributed by atoms with Gasteiger partial charge in [0.1, 0.15) is 0 Å². The number of hydrogen-bond acceptors (Lipinski definition) is 2. The Hall–Kier alpha value is -2.03. The van der Waals surface area contributed by atoms with Crippen molar-refractivity contribution in [3.63, 3.8) is 0 Å². The topological polar surface area (TPSA) is 29.5 Å². The standard InChI is InChI=1S/C16H19NO2/c1-12(2)13-7-9-14(10-8-13)15-6-4-5-11-17(15)16(18)19-3/h4-12,15H,1-3H3. The molecule has 2 rings (SSSR count). The highest BCUT2D eigenvalue weighted by atomic mass is 16.5. The van der Waals surface area contributed by atoms with Crippen LogP contribution in [0.2, 0.25) is 0 Å². The first-order valence-corrected chi connectivity index (χ1v) is 6.44. The second-order valence-electron chi connectivity index (χ2n) is 4.87. The Bertz CT molecular complexity index is 500. The Balaban J connectivity index is 2.26. The summed E-state index contributed by atoms with van der Waals surface area (Å²) in [5, 5.41) is 0. The van der Waals surface area contributed by atoms with Crippen molar-refractivity contribution < 1.29 is 9.53 Å². The molecule has 3 nitrogen and oxygen atoms in total. The smallest absolute Gasteiger partial charge is 0.414 e. The Labute approximate surface area is 114 Å². The first-order valence-electron chi connectivity index (χ1n) is 6.44. The van der Waals surface area contributed by atoms with Crippen LogP contribution in [0.1, 0.15) is 36.9 Å². The predicted octanol–water partition coefficient (Wildman–Crippen LogP) is 4.00. The summed E-state index contributed by atoms with van der Waals surface area (Å²) in [6.07, 6.45) is 7.16. The summed E-state index contributed by atoms with van der Waals surface area (Å²) in [7, 11) is 1.40. The molecule has 100 valence electrons. The first kappa shape index (κ1) is 13.4. The molecule has 1 atom stereocenters. The number of carbonyl (C=O) groups is 1. The number of rotatable bonds is 2. The van der Waals surface area contributed by atoms with Gasteiger partial charge in [0.15, 0.2) is 0 Å². The van der Waals surface area contributed by atoms with Gasteiger partial charge in [0.2, 0.25) is 0 Å². The van der Waals surface area contributed by atoms with E-state index in [1.165, 1.54) is 12.7 Å². The van der Waals surface area contributed by atoms with Crippen LogP contribution >= 0.6 is 0 Å². The van der Waals surface area contributed by atoms with E-state index in [-0.39, 0.29) is 12.1 Å². The molecule has 0 spiro atoms. The third kappa shape index (κ3) is 2.87. The molecule has 1 amide bonds. The van der Waals surface area contributed by atoms with Crippen LogP contribution in [0.4, 0.5) is 4.79 Å². The molecular formula is C16H19NO2. The molecule has 19 heavy (non-hydrogen) atoms. The van der Waals surface area contributed by atoms with Crippen LogP contribution in [-0.2, 0) is 4.74 Å². The van der Waals surface area contributed by atoms with Crippen molar-refractivity contribution in [3.05, 3.63) is 59.8 Å². The van der Waals surface area contributed by atoms with Gasteiger partial charge < -0.3 is 4.74 Å². The number of hydrogen-bond donors (Lipinski definition) is 0. The average Bonchev–Trinajstić information content (AvgIpc) is 2.46. The molecule has 1 aromatic rings. The Kier molecular flexibility index (Phi) is 4.05. The Morgan fingerprint density at radius 2 is 1.89 bits per heavy atom. The van der Waals surface area contributed by atoms with Gasteiger partial charge in [-0.15, -0.1) is 0 Å². The van der Waals surface area contributed by atoms with Gasteiger partial charge in [0, 0.05) is 6.20 Å². The molecule has 1 aliphatic rings. The molecule has 1 heterocycles. The minimum Gasteiger partial charge on any atom is -0.452 e. The van der Waals surface area contributed by atoms with Gasteiger partial charge in [-0.25, -0.2) is 4.79 Å². The highest BCUT2D eigenvalue weighted by molar-refractivity contribution is 5.70. The van der Waals surface area contributed by atoms with Gasteiger partial charge in [-0.05, 0) is 23.1 Å². The molecule has 1 unspecified atom stereocenters. The minimum absolute atomic E-state index is 0.0985. The minimum atomic E-state index is -0.349. The Morgan fingerprint density at radius 1 is 1.21 bits per heavy atom. The fraction of sp³-hybridized carbons (Fsp3) is 0.312. The van der Waals surface area contributed by atoms with E-state index in [1.54, 1.807) is 11.1 Å². The second kappa shape index (κ2) is 5.74. The summed E-state index contributed by atoms with van der Waals surface area (Å²) >= 11 is 0. The summed E-state index contributed by atoms with van der Waals surface area (Å²) in [5.41, 5.74) is 2.37. The van der Waals surface area contributed by atoms with Gasteiger partial charge in [-0.1, -0.05) is 50.3 Å². The molecule has 0 aromatic heterocycles. The molecule has 0 aliphatic carbocycles. The van der Waals surface area contributed by atoms with E-state index >= 15 is 0 Å². The van der Waals surface area contributed by atoms with Crippen LogP contribution in [0, 0.1) is 0 Å². The molecule has 0 bridgehead atoms. The number of methoxy groups -OCH3 is 1. The van der Waals surface area contributed by atoms with Crippen LogP contribution in [0.15, 0.2) is 48.7 Å². The maximum absolute atomic E-state index is 11.7. The van der Waals surface area contributed by atoms with E-state index in [1.807, 2.05) is 18.2 Å². The molecule has 0 radical (unpaired) electrons. The third-order valence-corrected chi connectivity index (χ3v) is 3.28. The number of benzene rings is 1. The van der Waals surface area contributed by atoms with Crippen molar-refractivity contribution >= 4 is 6.09 Å². The summed E-state index contributed by atoms with van der Waals surface area (Å²) in [5.74, 6) is 0.507. The summed E-state index contributed by atoms with van der Waals surface area (Å²) in [6, 6.07) is 8.26. The number of allylic oxidation sites excluding steroid dienone is 2. The average molecular weight is 257 g/mol. The maximum Gasteiger partial charge on any atom is 0.414 e. The fourth-order valence-corrected chi connectivity index (χ4v) is 2.13. The summed E-state index contributed by atoms with van der Waals surface area (Å²) in [6.45, 7) is 4.33. The highest BCUT2D eigenvalue weighted by Crippen LogP contribution is 2.27. The van der Waals surface area contributed by atoms with Crippen molar-refractivity contribution in [2.75, 3.05) is 7.11 Å². The quantitative estimate of drug-likeness (QED) is 0.801.